The van der Waals surface area contributed by atoms with Crippen LogP contribution in [0, 0.1) is 0 Å². The average molecular weight is 433 g/mol. The number of thiophene rings is 1. The molecule has 0 spiro atoms. The van der Waals surface area contributed by atoms with E-state index in [0.717, 1.165) is 11.3 Å². The fourth-order valence-electron chi connectivity index (χ4n) is 2.65. The van der Waals surface area contributed by atoms with Crippen LogP contribution in [-0.2, 0) is 9.84 Å². The average Bonchev–Trinajstić information content (AvgIpc) is 3.06. The largest absolute Gasteiger partial charge is 0.495 e. The van der Waals surface area contributed by atoms with E-state index in [9.17, 15) is 13.5 Å². The summed E-state index contributed by atoms with van der Waals surface area (Å²) >= 11 is 4.58. The molecule has 1 N–H and O–H groups in total. The number of sulfone groups is 1. The van der Waals surface area contributed by atoms with Crippen molar-refractivity contribution in [2.45, 2.75) is 39.5 Å². The number of hydrogen-bond acceptors (Lipinski definition) is 6. The van der Waals surface area contributed by atoms with Crippen LogP contribution in [0.3, 0.4) is 0 Å². The third kappa shape index (κ3) is 2.75. The van der Waals surface area contributed by atoms with Gasteiger partial charge in [0.05, 0.1) is 18.0 Å². The molecule has 1 aromatic carbocycles. The number of hydrogen-bond donors (Lipinski definition) is 1. The van der Waals surface area contributed by atoms with Gasteiger partial charge in [-0.2, -0.15) is 0 Å². The van der Waals surface area contributed by atoms with Gasteiger partial charge in [0.2, 0.25) is 9.84 Å². The van der Waals surface area contributed by atoms with Gasteiger partial charge in [-0.05, 0) is 31.4 Å². The van der Waals surface area contributed by atoms with Crippen molar-refractivity contribution in [3.8, 4) is 11.5 Å². The van der Waals surface area contributed by atoms with E-state index in [0.29, 0.717) is 11.3 Å². The summed E-state index contributed by atoms with van der Waals surface area (Å²) in [6.07, 6.45) is -0.896. The maximum absolute atomic E-state index is 12.9. The number of halogens is 1. The minimum atomic E-state index is -3.73. The van der Waals surface area contributed by atoms with Crippen molar-refractivity contribution in [3.05, 3.63) is 35.2 Å². The molecule has 2 aromatic rings. The molecule has 0 amide bonds. The fraction of sp³-hybridized carbons (Fsp3) is 0.375. The second-order valence-corrected chi connectivity index (χ2v) is 10.1. The van der Waals surface area contributed by atoms with Gasteiger partial charge in [0.25, 0.3) is 0 Å². The molecule has 0 fully saturated rings. The van der Waals surface area contributed by atoms with Crippen LogP contribution in [-0.4, -0.2) is 31.1 Å². The Kier molecular flexibility index (Phi) is 4.44. The maximum atomic E-state index is 12.9. The minimum absolute atomic E-state index is 0.0215. The highest BCUT2D eigenvalue weighted by atomic mass is 79.9. The molecule has 3 rings (SSSR count). The van der Waals surface area contributed by atoms with E-state index >= 15 is 0 Å². The van der Waals surface area contributed by atoms with Crippen molar-refractivity contribution >= 4 is 37.1 Å². The lowest BCUT2D eigenvalue weighted by Gasteiger charge is -2.40. The molecule has 0 saturated heterocycles. The first-order valence-corrected chi connectivity index (χ1v) is 10.5. The molecule has 1 aromatic heterocycles. The van der Waals surface area contributed by atoms with E-state index in [1.807, 2.05) is 13.8 Å². The minimum Gasteiger partial charge on any atom is -0.495 e. The summed E-state index contributed by atoms with van der Waals surface area (Å²) in [5, 5.41) is 12.3. The van der Waals surface area contributed by atoms with Crippen molar-refractivity contribution in [2.75, 3.05) is 7.11 Å². The summed E-state index contributed by atoms with van der Waals surface area (Å²) < 4.78 is 37.2. The molecule has 0 aliphatic carbocycles. The predicted molar refractivity (Wildman–Crippen MR) is 95.1 cm³/mol. The molecule has 2 heterocycles. The number of ether oxygens (including phenoxy) is 2. The zero-order chi connectivity index (χ0) is 17.7. The Morgan fingerprint density at radius 1 is 1.38 bits per heavy atom. The molecule has 1 aliphatic heterocycles. The summed E-state index contributed by atoms with van der Waals surface area (Å²) in [4.78, 5) is -0.351. The molecule has 5 nitrogen and oxygen atoms in total. The van der Waals surface area contributed by atoms with Crippen molar-refractivity contribution in [1.29, 1.82) is 0 Å². The fourth-order valence-corrected chi connectivity index (χ4v) is 5.58. The van der Waals surface area contributed by atoms with Crippen LogP contribution in [0.5, 0.6) is 11.5 Å². The van der Waals surface area contributed by atoms with E-state index in [1.165, 1.54) is 19.2 Å². The number of alkyl halides is 1. The molecule has 1 aliphatic rings. The van der Waals surface area contributed by atoms with Gasteiger partial charge in [-0.15, -0.1) is 11.3 Å². The highest BCUT2D eigenvalue weighted by Crippen LogP contribution is 2.47. The monoisotopic (exact) mass is 432 g/mol. The van der Waals surface area contributed by atoms with Gasteiger partial charge in [-0.1, -0.05) is 22.0 Å². The molecule has 0 bridgehead atoms. The Hall–Kier alpha value is -1.09. The number of aliphatic hydroxyl groups is 1. The van der Waals surface area contributed by atoms with Crippen molar-refractivity contribution in [3.63, 3.8) is 0 Å². The molecule has 2 atom stereocenters. The topological polar surface area (TPSA) is 72.8 Å². The van der Waals surface area contributed by atoms with Crippen LogP contribution < -0.4 is 9.47 Å². The Morgan fingerprint density at radius 2 is 2.08 bits per heavy atom. The van der Waals surface area contributed by atoms with E-state index < -0.39 is 21.5 Å². The number of aliphatic hydroxyl groups excluding tert-OH is 1. The summed E-state index contributed by atoms with van der Waals surface area (Å²) in [6.45, 7) is 3.70. The first kappa shape index (κ1) is 17.7. The highest BCUT2D eigenvalue weighted by Gasteiger charge is 2.43. The van der Waals surface area contributed by atoms with Crippen LogP contribution in [0.25, 0.3) is 0 Å². The van der Waals surface area contributed by atoms with Crippen LogP contribution in [0.4, 0.5) is 0 Å². The number of methoxy groups -OCH3 is 1. The molecule has 24 heavy (non-hydrogen) atoms. The smallest absolute Gasteiger partial charge is 0.219 e. The molecule has 8 heteroatoms. The van der Waals surface area contributed by atoms with Crippen LogP contribution >= 0.6 is 27.3 Å². The van der Waals surface area contributed by atoms with E-state index in [4.69, 9.17) is 9.47 Å². The van der Waals surface area contributed by atoms with Crippen molar-refractivity contribution in [1.82, 2.24) is 0 Å². The zero-order valence-electron chi connectivity index (χ0n) is 13.3. The summed E-state index contributed by atoms with van der Waals surface area (Å²) in [7, 11) is -2.32. The number of fused-ring (bicyclic) bond motifs is 1. The van der Waals surface area contributed by atoms with E-state index in [1.54, 1.807) is 17.5 Å². The van der Waals surface area contributed by atoms with Crippen molar-refractivity contribution < 1.29 is 23.0 Å². The highest BCUT2D eigenvalue weighted by molar-refractivity contribution is 9.09. The van der Waals surface area contributed by atoms with Crippen LogP contribution in [0.1, 0.15) is 25.5 Å². The predicted octanol–water partition coefficient (Wildman–Crippen LogP) is 3.56. The summed E-state index contributed by atoms with van der Waals surface area (Å²) in [5.74, 6) is 0.614. The van der Waals surface area contributed by atoms with Gasteiger partial charge in [-0.25, -0.2) is 8.42 Å². The lowest BCUT2D eigenvalue weighted by Crippen LogP contribution is -2.45. The van der Waals surface area contributed by atoms with Crippen molar-refractivity contribution in [2.24, 2.45) is 0 Å². The second kappa shape index (κ2) is 6.01. The summed E-state index contributed by atoms with van der Waals surface area (Å²) in [5.41, 5.74) is -0.224. The lowest BCUT2D eigenvalue weighted by molar-refractivity contribution is 0.0221. The summed E-state index contributed by atoms with van der Waals surface area (Å²) in [6, 6.07) is 6.19. The lowest BCUT2D eigenvalue weighted by atomic mass is 9.91. The molecule has 2 unspecified atom stereocenters. The number of benzene rings is 1. The first-order chi connectivity index (χ1) is 11.2. The first-order valence-electron chi connectivity index (χ1n) is 7.20. The van der Waals surface area contributed by atoms with E-state index in [2.05, 4.69) is 15.9 Å². The molecular formula is C16H17BrO5S2. The van der Waals surface area contributed by atoms with Crippen LogP contribution in [0.2, 0.25) is 0 Å². The third-order valence-electron chi connectivity index (χ3n) is 3.98. The quantitative estimate of drug-likeness (QED) is 0.750. The van der Waals surface area contributed by atoms with Gasteiger partial charge in [-0.3, -0.25) is 0 Å². The van der Waals surface area contributed by atoms with Gasteiger partial charge in [0.1, 0.15) is 26.2 Å². The standard InChI is InChI=1S/C16H17BrO5S2/c1-16(2)15(17)14(18)9-7-12(11(21-3)8-10(9)22-16)24(19,20)13-5-4-6-23-13/h4-8,14-15,18H,1-3H3. The Bertz CT molecular complexity index is 859. The second-order valence-electron chi connectivity index (χ2n) is 6.03. The Labute approximate surface area is 153 Å². The molecule has 0 radical (unpaired) electrons. The maximum Gasteiger partial charge on any atom is 0.219 e. The SMILES string of the molecule is COc1cc2c(cc1S(=O)(=O)c1cccs1)C(O)C(Br)C(C)(C)O2. The van der Waals surface area contributed by atoms with E-state index in [-0.39, 0.29) is 19.7 Å². The van der Waals surface area contributed by atoms with Crippen LogP contribution in [0.15, 0.2) is 38.8 Å². The van der Waals surface area contributed by atoms with Gasteiger partial charge in [0.15, 0.2) is 0 Å². The van der Waals surface area contributed by atoms with Gasteiger partial charge in [0, 0.05) is 11.6 Å². The normalized spacial score (nSPS) is 22.5. The van der Waals surface area contributed by atoms with Gasteiger partial charge >= 0.3 is 0 Å². The molecular weight excluding hydrogens is 416 g/mol. The van der Waals surface area contributed by atoms with Gasteiger partial charge < -0.3 is 14.6 Å². The molecule has 0 saturated carbocycles. The number of rotatable bonds is 3. The third-order valence-corrected chi connectivity index (χ3v) is 8.75. The Morgan fingerprint density at radius 3 is 2.67 bits per heavy atom. The molecule has 130 valence electrons. The zero-order valence-corrected chi connectivity index (χ0v) is 16.5. The Balaban J connectivity index is 2.21.